The second kappa shape index (κ2) is 13.7. The third-order valence-electron chi connectivity index (χ3n) is 7.62. The Bertz CT molecular complexity index is 1410. The Morgan fingerprint density at radius 1 is 1.00 bits per heavy atom. The number of nitrogens with zero attached hydrogens (tertiary/aromatic N) is 2. The van der Waals surface area contributed by atoms with E-state index in [-0.39, 0.29) is 43.2 Å². The number of nitrogens with two attached hydrogens (primary N) is 1. The molecule has 0 radical (unpaired) electrons. The smallest absolute Gasteiger partial charge is 0.323 e. The van der Waals surface area contributed by atoms with Gasteiger partial charge in [-0.2, -0.15) is 0 Å². The monoisotopic (exact) mass is 622 g/mol. The predicted octanol–water partition coefficient (Wildman–Crippen LogP) is 2.67. The van der Waals surface area contributed by atoms with Gasteiger partial charge in [0.2, 0.25) is 18.6 Å². The fourth-order valence-corrected chi connectivity index (χ4v) is 5.40. The lowest BCUT2D eigenvalue weighted by Crippen LogP contribution is -2.57. The maximum Gasteiger partial charge on any atom is 0.323 e. The Hall–Kier alpha value is -4.45. The summed E-state index contributed by atoms with van der Waals surface area (Å²) in [5.41, 5.74) is 6.12. The van der Waals surface area contributed by atoms with Crippen molar-refractivity contribution in [3.8, 4) is 11.5 Å². The van der Waals surface area contributed by atoms with E-state index in [1.54, 1.807) is 20.8 Å². The SMILES string of the molecule is CC(C)C[C@H](N[C@H](CCN1C(=O)c2cc3c(cc2C1=O)OCO3)C(=O)OC(C)(C)C)C(=O)N(C)[C@@H](Cc1ccccc1)C(N)=O. The van der Waals surface area contributed by atoms with Gasteiger partial charge in [0.1, 0.15) is 17.7 Å². The van der Waals surface area contributed by atoms with Crippen molar-refractivity contribution in [3.05, 3.63) is 59.2 Å². The number of ether oxygens (including phenoxy) is 3. The van der Waals surface area contributed by atoms with Crippen LogP contribution in [0.5, 0.6) is 11.5 Å². The minimum atomic E-state index is -1.06. The van der Waals surface area contributed by atoms with E-state index in [1.807, 2.05) is 44.2 Å². The molecule has 12 heteroatoms. The second-order valence-corrected chi connectivity index (χ2v) is 12.8. The molecule has 2 aliphatic heterocycles. The van der Waals surface area contributed by atoms with Crippen LogP contribution >= 0.6 is 0 Å². The molecule has 2 aliphatic rings. The molecule has 4 rings (SSSR count). The predicted molar refractivity (Wildman–Crippen MR) is 164 cm³/mol. The zero-order valence-corrected chi connectivity index (χ0v) is 26.6. The van der Waals surface area contributed by atoms with Crippen LogP contribution in [0.3, 0.4) is 0 Å². The third kappa shape index (κ3) is 7.99. The number of hydrogen-bond acceptors (Lipinski definition) is 9. The number of esters is 1. The quantitative estimate of drug-likeness (QED) is 0.253. The van der Waals surface area contributed by atoms with E-state index in [4.69, 9.17) is 19.9 Å². The number of likely N-dealkylation sites (N-methyl/N-ethyl adjacent to an activating group) is 1. The molecule has 2 aromatic carbocycles. The molecule has 242 valence electrons. The highest BCUT2D eigenvalue weighted by atomic mass is 16.7. The van der Waals surface area contributed by atoms with Crippen LogP contribution < -0.4 is 20.5 Å². The molecule has 0 unspecified atom stereocenters. The fourth-order valence-electron chi connectivity index (χ4n) is 5.40. The average molecular weight is 623 g/mol. The van der Waals surface area contributed by atoms with E-state index in [0.717, 1.165) is 10.5 Å². The second-order valence-electron chi connectivity index (χ2n) is 12.8. The van der Waals surface area contributed by atoms with Gasteiger partial charge in [-0.15, -0.1) is 0 Å². The molecule has 12 nitrogen and oxygen atoms in total. The molecule has 0 saturated carbocycles. The Kier molecular flexibility index (Phi) is 10.2. The van der Waals surface area contributed by atoms with E-state index in [0.29, 0.717) is 17.9 Å². The fraction of sp³-hybridized carbons (Fsp3) is 0.485. The van der Waals surface area contributed by atoms with Crippen molar-refractivity contribution in [1.29, 1.82) is 0 Å². The highest BCUT2D eigenvalue weighted by Crippen LogP contribution is 2.38. The number of carbonyl (C=O) groups excluding carboxylic acids is 5. The zero-order chi connectivity index (χ0) is 33.1. The van der Waals surface area contributed by atoms with Crippen molar-refractivity contribution >= 4 is 29.6 Å². The molecule has 2 heterocycles. The van der Waals surface area contributed by atoms with E-state index in [1.165, 1.54) is 24.1 Å². The summed E-state index contributed by atoms with van der Waals surface area (Å²) in [6.45, 7) is 8.92. The van der Waals surface area contributed by atoms with Gasteiger partial charge in [-0.3, -0.25) is 34.2 Å². The van der Waals surface area contributed by atoms with Gasteiger partial charge in [-0.05, 0) is 57.2 Å². The molecule has 45 heavy (non-hydrogen) atoms. The van der Waals surface area contributed by atoms with Crippen LogP contribution in [0.4, 0.5) is 0 Å². The minimum Gasteiger partial charge on any atom is -0.459 e. The first-order chi connectivity index (χ1) is 21.2. The van der Waals surface area contributed by atoms with Crippen LogP contribution in [-0.4, -0.2) is 83.5 Å². The number of carbonyl (C=O) groups is 5. The minimum absolute atomic E-state index is 0.00541. The molecule has 0 spiro atoms. The van der Waals surface area contributed by atoms with Gasteiger partial charge >= 0.3 is 5.97 Å². The van der Waals surface area contributed by atoms with Crippen molar-refractivity contribution in [2.75, 3.05) is 20.4 Å². The average Bonchev–Trinajstić information content (AvgIpc) is 3.52. The van der Waals surface area contributed by atoms with Crippen LogP contribution in [0, 0.1) is 5.92 Å². The summed E-state index contributed by atoms with van der Waals surface area (Å²) in [6.07, 6.45) is 0.529. The molecule has 4 amide bonds. The van der Waals surface area contributed by atoms with Crippen LogP contribution in [-0.2, 0) is 25.5 Å². The first kappa shape index (κ1) is 33.4. The zero-order valence-electron chi connectivity index (χ0n) is 26.6. The molecule has 2 aromatic rings. The number of fused-ring (bicyclic) bond motifs is 2. The lowest BCUT2D eigenvalue weighted by Gasteiger charge is -2.33. The van der Waals surface area contributed by atoms with Gasteiger partial charge in [-0.1, -0.05) is 44.2 Å². The molecule has 0 saturated heterocycles. The molecule has 3 atom stereocenters. The first-order valence-electron chi connectivity index (χ1n) is 15.0. The molecule has 0 bridgehead atoms. The van der Waals surface area contributed by atoms with Gasteiger partial charge in [0.15, 0.2) is 11.5 Å². The van der Waals surface area contributed by atoms with Crippen LogP contribution in [0.15, 0.2) is 42.5 Å². The molecular formula is C33H42N4O8. The van der Waals surface area contributed by atoms with Crippen molar-refractivity contribution < 1.29 is 38.2 Å². The van der Waals surface area contributed by atoms with Crippen molar-refractivity contribution in [1.82, 2.24) is 15.1 Å². The lowest BCUT2D eigenvalue weighted by atomic mass is 9.98. The van der Waals surface area contributed by atoms with Crippen molar-refractivity contribution in [2.24, 2.45) is 11.7 Å². The Morgan fingerprint density at radius 2 is 1.58 bits per heavy atom. The topological polar surface area (TPSA) is 158 Å². The Balaban J connectivity index is 1.55. The Labute approximate surface area is 263 Å². The molecular weight excluding hydrogens is 580 g/mol. The maximum absolute atomic E-state index is 13.9. The highest BCUT2D eigenvalue weighted by Gasteiger charge is 2.40. The molecule has 3 N–H and O–H groups in total. The number of rotatable bonds is 13. The third-order valence-corrected chi connectivity index (χ3v) is 7.62. The molecule has 0 fully saturated rings. The van der Waals surface area contributed by atoms with E-state index in [9.17, 15) is 24.0 Å². The summed E-state index contributed by atoms with van der Waals surface area (Å²) in [6, 6.07) is 9.32. The normalized spacial score (nSPS) is 15.9. The summed E-state index contributed by atoms with van der Waals surface area (Å²) in [4.78, 5) is 68.8. The highest BCUT2D eigenvalue weighted by molar-refractivity contribution is 6.21. The summed E-state index contributed by atoms with van der Waals surface area (Å²) in [5.74, 6) is -1.97. The summed E-state index contributed by atoms with van der Waals surface area (Å²) in [7, 11) is 1.52. The maximum atomic E-state index is 13.9. The van der Waals surface area contributed by atoms with Gasteiger partial charge in [0, 0.05) is 20.0 Å². The summed E-state index contributed by atoms with van der Waals surface area (Å²) >= 11 is 0. The van der Waals surface area contributed by atoms with Gasteiger partial charge in [0.05, 0.1) is 17.2 Å². The van der Waals surface area contributed by atoms with Gasteiger partial charge in [0.25, 0.3) is 11.8 Å². The summed E-state index contributed by atoms with van der Waals surface area (Å²) < 4.78 is 16.4. The van der Waals surface area contributed by atoms with Crippen LogP contribution in [0.25, 0.3) is 0 Å². The number of benzene rings is 2. The number of primary amides is 1. The van der Waals surface area contributed by atoms with E-state index < -0.39 is 53.3 Å². The van der Waals surface area contributed by atoms with Crippen molar-refractivity contribution in [2.45, 2.75) is 77.6 Å². The number of nitrogens with one attached hydrogen (secondary N) is 1. The standard InChI is InChI=1S/C33H42N4O8/c1-19(2)14-24(31(41)36(6)25(28(34)38)15-20-10-8-7-9-11-20)35-23(32(42)45-33(3,4)5)12-13-37-29(39)21-16-26-27(44-18-43-26)17-22(21)30(37)40/h7-11,16-17,19,23-25,35H,12-15,18H2,1-6H3,(H2,34,38)/t23-,24+,25+/m1/s1. The number of imide groups is 1. The number of amides is 4. The van der Waals surface area contributed by atoms with E-state index >= 15 is 0 Å². The largest absolute Gasteiger partial charge is 0.459 e. The lowest BCUT2D eigenvalue weighted by molar-refractivity contribution is -0.158. The van der Waals surface area contributed by atoms with Crippen LogP contribution in [0.1, 0.15) is 73.7 Å². The first-order valence-corrected chi connectivity index (χ1v) is 15.0. The van der Waals surface area contributed by atoms with Crippen molar-refractivity contribution in [3.63, 3.8) is 0 Å². The van der Waals surface area contributed by atoms with E-state index in [2.05, 4.69) is 5.32 Å². The molecule has 0 aromatic heterocycles. The summed E-state index contributed by atoms with van der Waals surface area (Å²) in [5, 5.41) is 3.15. The van der Waals surface area contributed by atoms with Crippen LogP contribution in [0.2, 0.25) is 0 Å². The van der Waals surface area contributed by atoms with Gasteiger partial charge in [-0.25, -0.2) is 0 Å². The Morgan fingerprint density at radius 3 is 2.09 bits per heavy atom. The van der Waals surface area contributed by atoms with Gasteiger partial charge < -0.3 is 24.8 Å². The number of hydrogen-bond donors (Lipinski definition) is 2. The molecule has 0 aliphatic carbocycles.